The molecule has 1 fully saturated rings. The van der Waals surface area contributed by atoms with Gasteiger partial charge >= 0.3 is 6.03 Å². The molecule has 0 bridgehead atoms. The fourth-order valence-electron chi connectivity index (χ4n) is 2.68. The van der Waals surface area contributed by atoms with Gasteiger partial charge in [0, 0.05) is 25.2 Å². The van der Waals surface area contributed by atoms with Crippen LogP contribution in [0.15, 0.2) is 60.7 Å². The largest absolute Gasteiger partial charge is 0.334 e. The highest BCUT2D eigenvalue weighted by Crippen LogP contribution is 2.20. The molecule has 3 amide bonds. The summed E-state index contributed by atoms with van der Waals surface area (Å²) >= 11 is 0. The standard InChI is InChI=1S/C18H19N3O2/c22-17-11-15(13-21(17)16-9-5-2-6-10-16)20-18(23)19-12-14-7-3-1-4-8-14/h1-10,15H,11-13H2,(H2,19,20,23)/t15-/m0/s1. The third-order valence-electron chi connectivity index (χ3n) is 3.82. The van der Waals surface area contributed by atoms with E-state index in [-0.39, 0.29) is 18.0 Å². The van der Waals surface area contributed by atoms with Crippen molar-refractivity contribution < 1.29 is 9.59 Å². The minimum absolute atomic E-state index is 0.0320. The second-order valence-electron chi connectivity index (χ2n) is 5.55. The van der Waals surface area contributed by atoms with Crippen LogP contribution in [-0.4, -0.2) is 24.5 Å². The van der Waals surface area contributed by atoms with Crippen molar-refractivity contribution in [1.29, 1.82) is 0 Å². The lowest BCUT2D eigenvalue weighted by atomic mass is 10.2. The first kappa shape index (κ1) is 15.1. The predicted octanol–water partition coefficient (Wildman–Crippen LogP) is 2.29. The van der Waals surface area contributed by atoms with Gasteiger partial charge in [0.1, 0.15) is 0 Å². The van der Waals surface area contributed by atoms with Crippen LogP contribution < -0.4 is 15.5 Å². The summed E-state index contributed by atoms with van der Waals surface area (Å²) in [7, 11) is 0. The molecule has 1 saturated heterocycles. The van der Waals surface area contributed by atoms with E-state index in [1.165, 1.54) is 0 Å². The summed E-state index contributed by atoms with van der Waals surface area (Å²) in [5.41, 5.74) is 1.91. The number of rotatable bonds is 4. The van der Waals surface area contributed by atoms with Gasteiger partial charge in [0.25, 0.3) is 0 Å². The third-order valence-corrected chi connectivity index (χ3v) is 3.82. The van der Waals surface area contributed by atoms with E-state index in [1.807, 2.05) is 60.7 Å². The lowest BCUT2D eigenvalue weighted by molar-refractivity contribution is -0.117. The summed E-state index contributed by atoms with van der Waals surface area (Å²) in [5, 5.41) is 5.68. The first-order chi connectivity index (χ1) is 11.2. The Kier molecular flexibility index (Phi) is 4.57. The summed E-state index contributed by atoms with van der Waals surface area (Å²) < 4.78 is 0. The fraction of sp³-hybridized carbons (Fsp3) is 0.222. The molecule has 0 radical (unpaired) electrons. The van der Waals surface area contributed by atoms with Crippen LogP contribution in [-0.2, 0) is 11.3 Å². The Hall–Kier alpha value is -2.82. The number of urea groups is 1. The average molecular weight is 309 g/mol. The minimum Gasteiger partial charge on any atom is -0.334 e. The van der Waals surface area contributed by atoms with E-state index >= 15 is 0 Å². The lowest BCUT2D eigenvalue weighted by Crippen LogP contribution is -2.43. The van der Waals surface area contributed by atoms with Crippen molar-refractivity contribution in [2.45, 2.75) is 19.0 Å². The molecule has 0 unspecified atom stereocenters. The van der Waals surface area contributed by atoms with Gasteiger partial charge in [-0.25, -0.2) is 4.79 Å². The zero-order chi connectivity index (χ0) is 16.1. The number of hydrogen-bond donors (Lipinski definition) is 2. The van der Waals surface area contributed by atoms with Crippen molar-refractivity contribution >= 4 is 17.6 Å². The Bertz CT molecular complexity index is 673. The number of carbonyl (C=O) groups is 2. The van der Waals surface area contributed by atoms with Gasteiger partial charge < -0.3 is 15.5 Å². The Morgan fingerprint density at radius 1 is 1.04 bits per heavy atom. The number of benzene rings is 2. The quantitative estimate of drug-likeness (QED) is 0.910. The van der Waals surface area contributed by atoms with Crippen LogP contribution in [0.3, 0.4) is 0 Å². The molecule has 2 aromatic rings. The number of carbonyl (C=O) groups excluding carboxylic acids is 2. The molecule has 0 aliphatic carbocycles. The molecule has 5 nitrogen and oxygen atoms in total. The Labute approximate surface area is 135 Å². The molecule has 1 aliphatic heterocycles. The van der Waals surface area contributed by atoms with Gasteiger partial charge in [-0.1, -0.05) is 48.5 Å². The summed E-state index contributed by atoms with van der Waals surface area (Å²) in [5.74, 6) is 0.0320. The van der Waals surface area contributed by atoms with Gasteiger partial charge in [-0.3, -0.25) is 4.79 Å². The van der Waals surface area contributed by atoms with E-state index in [1.54, 1.807) is 4.90 Å². The maximum Gasteiger partial charge on any atom is 0.315 e. The van der Waals surface area contributed by atoms with Crippen LogP contribution in [0.1, 0.15) is 12.0 Å². The topological polar surface area (TPSA) is 61.4 Å². The number of para-hydroxylation sites is 1. The van der Waals surface area contributed by atoms with Gasteiger partial charge in [0.05, 0.1) is 6.04 Å². The van der Waals surface area contributed by atoms with Gasteiger partial charge in [-0.15, -0.1) is 0 Å². The summed E-state index contributed by atoms with van der Waals surface area (Å²) in [4.78, 5) is 25.8. The van der Waals surface area contributed by atoms with Crippen LogP contribution in [0.5, 0.6) is 0 Å². The second-order valence-corrected chi connectivity index (χ2v) is 5.55. The monoisotopic (exact) mass is 309 g/mol. The maximum atomic E-state index is 12.1. The van der Waals surface area contributed by atoms with Crippen LogP contribution >= 0.6 is 0 Å². The van der Waals surface area contributed by atoms with E-state index in [0.29, 0.717) is 19.5 Å². The van der Waals surface area contributed by atoms with Crippen molar-refractivity contribution in [2.24, 2.45) is 0 Å². The molecule has 5 heteroatoms. The van der Waals surface area contributed by atoms with E-state index in [4.69, 9.17) is 0 Å². The number of nitrogens with zero attached hydrogens (tertiary/aromatic N) is 1. The molecular formula is C18H19N3O2. The second kappa shape index (κ2) is 6.96. The predicted molar refractivity (Wildman–Crippen MR) is 89.0 cm³/mol. The molecule has 0 aromatic heterocycles. The number of hydrogen-bond acceptors (Lipinski definition) is 2. The SMILES string of the molecule is O=C(NCc1ccccc1)N[C@H]1CC(=O)N(c2ccccc2)C1. The molecule has 0 spiro atoms. The van der Waals surface area contributed by atoms with Crippen LogP contribution in [0.4, 0.5) is 10.5 Å². The smallest absolute Gasteiger partial charge is 0.315 e. The molecule has 118 valence electrons. The van der Waals surface area contributed by atoms with Crippen LogP contribution in [0.25, 0.3) is 0 Å². The highest BCUT2D eigenvalue weighted by Gasteiger charge is 2.31. The van der Waals surface area contributed by atoms with Crippen LogP contribution in [0, 0.1) is 0 Å². The first-order valence-electron chi connectivity index (χ1n) is 7.66. The molecule has 2 aromatic carbocycles. The highest BCUT2D eigenvalue weighted by molar-refractivity contribution is 5.96. The van der Waals surface area contributed by atoms with Crippen molar-refractivity contribution in [1.82, 2.24) is 10.6 Å². The summed E-state index contributed by atoms with van der Waals surface area (Å²) in [6.45, 7) is 0.970. The van der Waals surface area contributed by atoms with Crippen LogP contribution in [0.2, 0.25) is 0 Å². The van der Waals surface area contributed by atoms with Gasteiger partial charge in [0.15, 0.2) is 0 Å². The molecule has 1 heterocycles. The highest BCUT2D eigenvalue weighted by atomic mass is 16.2. The zero-order valence-corrected chi connectivity index (χ0v) is 12.7. The summed E-state index contributed by atoms with van der Waals surface area (Å²) in [6.07, 6.45) is 0.327. The van der Waals surface area contributed by atoms with E-state index in [2.05, 4.69) is 10.6 Å². The molecule has 2 N–H and O–H groups in total. The molecule has 23 heavy (non-hydrogen) atoms. The van der Waals surface area contributed by atoms with Crippen molar-refractivity contribution in [3.63, 3.8) is 0 Å². The van der Waals surface area contributed by atoms with Crippen molar-refractivity contribution in [2.75, 3.05) is 11.4 Å². The van der Waals surface area contributed by atoms with Gasteiger partial charge in [-0.05, 0) is 17.7 Å². The fourth-order valence-corrected chi connectivity index (χ4v) is 2.68. The molecule has 1 aliphatic rings. The van der Waals surface area contributed by atoms with E-state index in [0.717, 1.165) is 11.3 Å². The molecule has 0 saturated carbocycles. The van der Waals surface area contributed by atoms with Crippen molar-refractivity contribution in [3.8, 4) is 0 Å². The van der Waals surface area contributed by atoms with E-state index < -0.39 is 0 Å². The Balaban J connectivity index is 1.51. The van der Waals surface area contributed by atoms with Gasteiger partial charge in [0.2, 0.25) is 5.91 Å². The number of amides is 3. The zero-order valence-electron chi connectivity index (χ0n) is 12.7. The normalized spacial score (nSPS) is 17.1. The van der Waals surface area contributed by atoms with Crippen molar-refractivity contribution in [3.05, 3.63) is 66.2 Å². The first-order valence-corrected chi connectivity index (χ1v) is 7.66. The maximum absolute atomic E-state index is 12.1. The molecule has 3 rings (SSSR count). The Morgan fingerprint density at radius 2 is 1.70 bits per heavy atom. The van der Waals surface area contributed by atoms with Gasteiger partial charge in [-0.2, -0.15) is 0 Å². The third kappa shape index (κ3) is 3.88. The number of anilines is 1. The van der Waals surface area contributed by atoms with E-state index in [9.17, 15) is 9.59 Å². The lowest BCUT2D eigenvalue weighted by Gasteiger charge is -2.17. The molecular weight excluding hydrogens is 290 g/mol. The summed E-state index contributed by atoms with van der Waals surface area (Å²) in [6, 6.07) is 18.8. The number of nitrogens with one attached hydrogen (secondary N) is 2. The molecule has 1 atom stereocenters. The minimum atomic E-state index is -0.249. The Morgan fingerprint density at radius 3 is 2.39 bits per heavy atom. The average Bonchev–Trinajstić information content (AvgIpc) is 2.95.